The van der Waals surface area contributed by atoms with Gasteiger partial charge in [-0.3, -0.25) is 0 Å². The summed E-state index contributed by atoms with van der Waals surface area (Å²) in [5.74, 6) is 0.828. The Balaban J connectivity index is 1.70. The van der Waals surface area contributed by atoms with Crippen LogP contribution < -0.4 is 5.32 Å². The molecule has 0 aliphatic rings. The van der Waals surface area contributed by atoms with E-state index in [9.17, 15) is 0 Å². The van der Waals surface area contributed by atoms with Crippen LogP contribution in [0.4, 0.5) is 5.69 Å². The molecule has 0 fully saturated rings. The summed E-state index contributed by atoms with van der Waals surface area (Å²) in [4.78, 5) is 0. The lowest BCUT2D eigenvalue weighted by molar-refractivity contribution is 0.390. The first-order chi connectivity index (χ1) is 10.2. The molecule has 1 aromatic heterocycles. The summed E-state index contributed by atoms with van der Waals surface area (Å²) >= 11 is 0. The molecule has 0 radical (unpaired) electrons. The summed E-state index contributed by atoms with van der Waals surface area (Å²) in [5, 5.41) is 7.51. The molecule has 3 aromatic rings. The topological polar surface area (TPSA) is 38.1 Å². The second-order valence-corrected chi connectivity index (χ2v) is 5.22. The summed E-state index contributed by atoms with van der Waals surface area (Å²) in [5.41, 5.74) is 5.56. The van der Waals surface area contributed by atoms with Crippen LogP contribution in [0.5, 0.6) is 0 Å². The minimum absolute atomic E-state index is 0.629. The van der Waals surface area contributed by atoms with Gasteiger partial charge in [-0.25, -0.2) is 0 Å². The minimum atomic E-state index is 0.629. The Hall–Kier alpha value is -2.55. The van der Waals surface area contributed by atoms with Crippen LogP contribution in [0, 0.1) is 13.8 Å². The predicted molar refractivity (Wildman–Crippen MR) is 85.2 cm³/mol. The van der Waals surface area contributed by atoms with E-state index in [2.05, 4.69) is 42.5 Å². The molecule has 0 atom stereocenters. The third-order valence-corrected chi connectivity index (χ3v) is 3.46. The van der Waals surface area contributed by atoms with Gasteiger partial charge in [0, 0.05) is 17.3 Å². The molecule has 3 rings (SSSR count). The Kier molecular flexibility index (Phi) is 3.73. The summed E-state index contributed by atoms with van der Waals surface area (Å²) < 4.78 is 5.39. The van der Waals surface area contributed by atoms with Crippen LogP contribution in [-0.4, -0.2) is 5.16 Å². The molecule has 0 amide bonds. The zero-order valence-electron chi connectivity index (χ0n) is 12.3. The summed E-state index contributed by atoms with van der Waals surface area (Å²) in [6.07, 6.45) is 0. The Labute approximate surface area is 124 Å². The SMILES string of the molecule is Cc1ccc(NCc2cc(-c3ccccc3)no2)c(C)c1. The van der Waals surface area contributed by atoms with E-state index in [4.69, 9.17) is 4.52 Å². The van der Waals surface area contributed by atoms with Gasteiger partial charge in [-0.1, -0.05) is 53.2 Å². The Morgan fingerprint density at radius 1 is 1.00 bits per heavy atom. The Morgan fingerprint density at radius 3 is 2.57 bits per heavy atom. The van der Waals surface area contributed by atoms with E-state index in [-0.39, 0.29) is 0 Å². The van der Waals surface area contributed by atoms with Gasteiger partial charge in [-0.15, -0.1) is 0 Å². The zero-order chi connectivity index (χ0) is 14.7. The maximum absolute atomic E-state index is 5.39. The number of aryl methyl sites for hydroxylation is 2. The molecule has 1 heterocycles. The monoisotopic (exact) mass is 278 g/mol. The smallest absolute Gasteiger partial charge is 0.156 e. The third-order valence-electron chi connectivity index (χ3n) is 3.46. The van der Waals surface area contributed by atoms with E-state index >= 15 is 0 Å². The van der Waals surface area contributed by atoms with E-state index in [1.165, 1.54) is 11.1 Å². The van der Waals surface area contributed by atoms with Gasteiger partial charge in [0.15, 0.2) is 5.76 Å². The molecule has 0 saturated carbocycles. The number of aromatic nitrogens is 1. The van der Waals surface area contributed by atoms with E-state index in [0.717, 1.165) is 22.7 Å². The summed E-state index contributed by atoms with van der Waals surface area (Å²) in [7, 11) is 0. The fourth-order valence-corrected chi connectivity index (χ4v) is 2.34. The minimum Gasteiger partial charge on any atom is -0.377 e. The summed E-state index contributed by atoms with van der Waals surface area (Å²) in [6.45, 7) is 4.83. The van der Waals surface area contributed by atoms with Crippen molar-refractivity contribution >= 4 is 5.69 Å². The lowest BCUT2D eigenvalue weighted by Crippen LogP contribution is -2.00. The van der Waals surface area contributed by atoms with Gasteiger partial charge in [-0.2, -0.15) is 0 Å². The second kappa shape index (κ2) is 5.83. The zero-order valence-corrected chi connectivity index (χ0v) is 12.3. The number of anilines is 1. The molecule has 0 bridgehead atoms. The van der Waals surface area contributed by atoms with Gasteiger partial charge in [-0.05, 0) is 25.5 Å². The molecule has 1 N–H and O–H groups in total. The van der Waals surface area contributed by atoms with Crippen LogP contribution in [0.2, 0.25) is 0 Å². The highest BCUT2D eigenvalue weighted by molar-refractivity contribution is 5.58. The van der Waals surface area contributed by atoms with Crippen LogP contribution in [0.3, 0.4) is 0 Å². The highest BCUT2D eigenvalue weighted by Crippen LogP contribution is 2.20. The number of hydrogen-bond donors (Lipinski definition) is 1. The first-order valence-corrected chi connectivity index (χ1v) is 7.04. The number of nitrogens with one attached hydrogen (secondary N) is 1. The molecular formula is C18H18N2O. The molecule has 0 aliphatic heterocycles. The predicted octanol–water partition coefficient (Wildman–Crippen LogP) is 4.57. The largest absolute Gasteiger partial charge is 0.377 e. The van der Waals surface area contributed by atoms with Crippen molar-refractivity contribution in [3.63, 3.8) is 0 Å². The lowest BCUT2D eigenvalue weighted by atomic mass is 10.1. The number of rotatable bonds is 4. The number of benzene rings is 2. The van der Waals surface area contributed by atoms with Crippen molar-refractivity contribution in [3.05, 3.63) is 71.5 Å². The normalized spacial score (nSPS) is 10.6. The lowest BCUT2D eigenvalue weighted by Gasteiger charge is -2.08. The highest BCUT2D eigenvalue weighted by atomic mass is 16.5. The van der Waals surface area contributed by atoms with Gasteiger partial charge in [0.05, 0.1) is 6.54 Å². The van der Waals surface area contributed by atoms with E-state index in [0.29, 0.717) is 6.54 Å². The van der Waals surface area contributed by atoms with Crippen molar-refractivity contribution < 1.29 is 4.52 Å². The molecule has 106 valence electrons. The van der Waals surface area contributed by atoms with Crippen LogP contribution in [-0.2, 0) is 6.54 Å². The number of hydrogen-bond acceptors (Lipinski definition) is 3. The first-order valence-electron chi connectivity index (χ1n) is 7.04. The van der Waals surface area contributed by atoms with Crippen molar-refractivity contribution in [1.29, 1.82) is 0 Å². The van der Waals surface area contributed by atoms with Gasteiger partial charge in [0.1, 0.15) is 5.69 Å². The average Bonchev–Trinajstić information content (AvgIpc) is 2.96. The van der Waals surface area contributed by atoms with Gasteiger partial charge in [0.25, 0.3) is 0 Å². The first kappa shape index (κ1) is 13.4. The van der Waals surface area contributed by atoms with E-state index in [1.54, 1.807) is 0 Å². The van der Waals surface area contributed by atoms with Gasteiger partial charge >= 0.3 is 0 Å². The number of nitrogens with zero attached hydrogens (tertiary/aromatic N) is 1. The molecule has 3 nitrogen and oxygen atoms in total. The third kappa shape index (κ3) is 3.14. The van der Waals surface area contributed by atoms with Crippen LogP contribution >= 0.6 is 0 Å². The van der Waals surface area contributed by atoms with Crippen molar-refractivity contribution in [2.24, 2.45) is 0 Å². The van der Waals surface area contributed by atoms with Gasteiger partial charge in [0.2, 0.25) is 0 Å². The quantitative estimate of drug-likeness (QED) is 0.759. The molecule has 0 unspecified atom stereocenters. The van der Waals surface area contributed by atoms with E-state index < -0.39 is 0 Å². The van der Waals surface area contributed by atoms with Crippen molar-refractivity contribution in [1.82, 2.24) is 5.16 Å². The molecule has 0 aliphatic carbocycles. The Bertz CT molecular complexity index is 732. The molecule has 21 heavy (non-hydrogen) atoms. The molecule has 0 saturated heterocycles. The van der Waals surface area contributed by atoms with Crippen LogP contribution in [0.1, 0.15) is 16.9 Å². The van der Waals surface area contributed by atoms with Gasteiger partial charge < -0.3 is 9.84 Å². The van der Waals surface area contributed by atoms with Crippen LogP contribution in [0.25, 0.3) is 11.3 Å². The fraction of sp³-hybridized carbons (Fsp3) is 0.167. The standard InChI is InChI=1S/C18H18N2O/c1-13-8-9-17(14(2)10-13)19-12-16-11-18(20-21-16)15-6-4-3-5-7-15/h3-11,19H,12H2,1-2H3. The molecular weight excluding hydrogens is 260 g/mol. The Morgan fingerprint density at radius 2 is 1.81 bits per heavy atom. The van der Waals surface area contributed by atoms with Crippen molar-refractivity contribution in [2.75, 3.05) is 5.32 Å². The molecule has 3 heteroatoms. The molecule has 2 aromatic carbocycles. The van der Waals surface area contributed by atoms with Crippen molar-refractivity contribution in [2.45, 2.75) is 20.4 Å². The second-order valence-electron chi connectivity index (χ2n) is 5.22. The molecule has 0 spiro atoms. The highest BCUT2D eigenvalue weighted by Gasteiger charge is 2.06. The van der Waals surface area contributed by atoms with Crippen LogP contribution in [0.15, 0.2) is 59.1 Å². The van der Waals surface area contributed by atoms with Crippen molar-refractivity contribution in [3.8, 4) is 11.3 Å². The average molecular weight is 278 g/mol. The summed E-state index contributed by atoms with van der Waals surface area (Å²) in [6, 6.07) is 18.4. The maximum atomic E-state index is 5.39. The maximum Gasteiger partial charge on any atom is 0.156 e. The fourth-order valence-electron chi connectivity index (χ4n) is 2.34. The van der Waals surface area contributed by atoms with E-state index in [1.807, 2.05) is 36.4 Å².